The molecule has 0 radical (unpaired) electrons. The van der Waals surface area contributed by atoms with Crippen LogP contribution in [0.4, 0.5) is 18.9 Å². The van der Waals surface area contributed by atoms with Gasteiger partial charge in [-0.05, 0) is 36.8 Å². The van der Waals surface area contributed by atoms with Gasteiger partial charge >= 0.3 is 6.18 Å². The predicted molar refractivity (Wildman–Crippen MR) is 123 cm³/mol. The number of rotatable bonds is 6. The molecular weight excluding hydrogens is 467 g/mol. The number of halogens is 3. The molecule has 0 saturated heterocycles. The third-order valence-electron chi connectivity index (χ3n) is 5.12. The first-order valence-electron chi connectivity index (χ1n) is 10.1. The van der Waals surface area contributed by atoms with E-state index in [2.05, 4.69) is 9.71 Å². The lowest BCUT2D eigenvalue weighted by Gasteiger charge is -2.17. The predicted octanol–water partition coefficient (Wildman–Crippen LogP) is 5.68. The molecule has 0 atom stereocenters. The maximum Gasteiger partial charge on any atom is 0.417 e. The molecule has 0 aliphatic carbocycles. The van der Waals surface area contributed by atoms with Crippen molar-refractivity contribution >= 4 is 15.7 Å². The molecule has 4 rings (SSSR count). The Morgan fingerprint density at radius 1 is 0.971 bits per heavy atom. The first-order chi connectivity index (χ1) is 16.1. The summed E-state index contributed by atoms with van der Waals surface area (Å²) in [5.41, 5.74) is 0.434. The highest BCUT2D eigenvalue weighted by molar-refractivity contribution is 7.92. The van der Waals surface area contributed by atoms with Crippen LogP contribution in [0.5, 0.6) is 5.75 Å². The number of nitrogens with one attached hydrogen (secondary N) is 1. The van der Waals surface area contributed by atoms with Gasteiger partial charge in [0.05, 0.1) is 41.0 Å². The normalized spacial score (nSPS) is 11.9. The van der Waals surface area contributed by atoms with Crippen LogP contribution in [0.1, 0.15) is 11.3 Å². The first-order valence-corrected chi connectivity index (χ1v) is 11.6. The van der Waals surface area contributed by atoms with E-state index in [-0.39, 0.29) is 21.7 Å². The second kappa shape index (κ2) is 8.86. The van der Waals surface area contributed by atoms with E-state index in [1.807, 2.05) is 6.92 Å². The molecule has 6 nitrogen and oxygen atoms in total. The highest BCUT2D eigenvalue weighted by atomic mass is 32.2. The Morgan fingerprint density at radius 3 is 2.29 bits per heavy atom. The second-order valence-corrected chi connectivity index (χ2v) is 9.10. The summed E-state index contributed by atoms with van der Waals surface area (Å²) < 4.78 is 76.9. The van der Waals surface area contributed by atoms with Crippen LogP contribution in [-0.4, -0.2) is 25.1 Å². The minimum absolute atomic E-state index is 0.0552. The Morgan fingerprint density at radius 2 is 1.65 bits per heavy atom. The Bertz CT molecular complexity index is 1450. The fourth-order valence-corrected chi connectivity index (χ4v) is 4.88. The van der Waals surface area contributed by atoms with Crippen molar-refractivity contribution in [2.24, 2.45) is 0 Å². The fourth-order valence-electron chi connectivity index (χ4n) is 3.61. The van der Waals surface area contributed by atoms with Crippen molar-refractivity contribution in [3.63, 3.8) is 0 Å². The van der Waals surface area contributed by atoms with Crippen molar-refractivity contribution in [1.82, 2.24) is 9.55 Å². The number of benzene rings is 3. The summed E-state index contributed by atoms with van der Waals surface area (Å²) in [6, 6.07) is 15.1. The number of hydrogen-bond acceptors (Lipinski definition) is 4. The number of sulfonamides is 1. The lowest BCUT2D eigenvalue weighted by atomic mass is 9.99. The number of ether oxygens (including phenoxy) is 1. The molecule has 10 heteroatoms. The smallest absolute Gasteiger partial charge is 0.417 e. The molecule has 0 amide bonds. The molecule has 0 bridgehead atoms. The van der Waals surface area contributed by atoms with Crippen LogP contribution in [0, 0.1) is 6.92 Å². The third kappa shape index (κ3) is 4.62. The maximum absolute atomic E-state index is 13.6. The van der Waals surface area contributed by atoms with Gasteiger partial charge in [0, 0.05) is 17.8 Å². The Balaban J connectivity index is 1.74. The standard InChI is InChI=1S/C24H20F3N3O3S/c1-16-14-30(15-28-16)21-12-11-17(13-22(21)33-2)29-34(31,32)23-10-6-4-8-19(23)18-7-3-5-9-20(18)24(25,26)27/h3-15,29H,1-2H3. The highest BCUT2D eigenvalue weighted by Gasteiger charge is 2.34. The van der Waals surface area contributed by atoms with Crippen LogP contribution < -0.4 is 9.46 Å². The lowest BCUT2D eigenvalue weighted by Crippen LogP contribution is -2.15. The summed E-state index contributed by atoms with van der Waals surface area (Å²) in [5, 5.41) is 0. The number of aromatic nitrogens is 2. The van der Waals surface area contributed by atoms with Gasteiger partial charge in [-0.15, -0.1) is 0 Å². The minimum Gasteiger partial charge on any atom is -0.494 e. The van der Waals surface area contributed by atoms with Crippen LogP contribution >= 0.6 is 0 Å². The van der Waals surface area contributed by atoms with Gasteiger partial charge in [0.2, 0.25) is 0 Å². The van der Waals surface area contributed by atoms with E-state index in [1.54, 1.807) is 23.2 Å². The van der Waals surface area contributed by atoms with Gasteiger partial charge in [0.25, 0.3) is 10.0 Å². The van der Waals surface area contributed by atoms with Crippen LogP contribution in [0.15, 0.2) is 84.1 Å². The van der Waals surface area contributed by atoms with Crippen LogP contribution in [0.3, 0.4) is 0 Å². The molecule has 0 aliphatic heterocycles. The highest BCUT2D eigenvalue weighted by Crippen LogP contribution is 2.39. The molecule has 0 spiro atoms. The van der Waals surface area contributed by atoms with Crippen molar-refractivity contribution in [3.8, 4) is 22.6 Å². The van der Waals surface area contributed by atoms with Crippen molar-refractivity contribution in [1.29, 1.82) is 0 Å². The summed E-state index contributed by atoms with van der Waals surface area (Å²) in [5.74, 6) is 0.383. The summed E-state index contributed by atoms with van der Waals surface area (Å²) in [4.78, 5) is 3.89. The van der Waals surface area contributed by atoms with Crippen molar-refractivity contribution in [3.05, 3.63) is 90.5 Å². The zero-order valence-corrected chi connectivity index (χ0v) is 19.0. The Kier molecular flexibility index (Phi) is 6.09. The average molecular weight is 488 g/mol. The van der Waals surface area contributed by atoms with Gasteiger partial charge in [-0.3, -0.25) is 4.72 Å². The van der Waals surface area contributed by atoms with E-state index < -0.39 is 21.8 Å². The monoisotopic (exact) mass is 487 g/mol. The minimum atomic E-state index is -4.64. The summed E-state index contributed by atoms with van der Waals surface area (Å²) in [6.07, 6.45) is -1.25. The van der Waals surface area contributed by atoms with E-state index >= 15 is 0 Å². The van der Waals surface area contributed by atoms with Gasteiger partial charge in [-0.2, -0.15) is 13.2 Å². The number of methoxy groups -OCH3 is 1. The SMILES string of the molecule is COc1cc(NS(=O)(=O)c2ccccc2-c2ccccc2C(F)(F)F)ccc1-n1cnc(C)c1. The molecule has 4 aromatic rings. The fraction of sp³-hybridized carbons (Fsp3) is 0.125. The van der Waals surface area contributed by atoms with Gasteiger partial charge < -0.3 is 9.30 Å². The Hall–Kier alpha value is -3.79. The number of anilines is 1. The Labute approximate surface area is 194 Å². The number of nitrogens with zero attached hydrogens (tertiary/aromatic N) is 2. The van der Waals surface area contributed by atoms with Gasteiger partial charge in [0.1, 0.15) is 5.75 Å². The summed E-state index contributed by atoms with van der Waals surface area (Å²) in [6.45, 7) is 1.83. The molecule has 1 aromatic heterocycles. The van der Waals surface area contributed by atoms with Crippen LogP contribution in [0.2, 0.25) is 0 Å². The van der Waals surface area contributed by atoms with Crippen molar-refractivity contribution < 1.29 is 26.3 Å². The van der Waals surface area contributed by atoms with Crippen molar-refractivity contribution in [2.75, 3.05) is 11.8 Å². The molecule has 0 fully saturated rings. The first kappa shape index (κ1) is 23.4. The summed E-state index contributed by atoms with van der Waals surface area (Å²) in [7, 11) is -2.80. The van der Waals surface area contributed by atoms with E-state index in [9.17, 15) is 21.6 Å². The van der Waals surface area contributed by atoms with Crippen LogP contribution in [-0.2, 0) is 16.2 Å². The second-order valence-electron chi connectivity index (χ2n) is 7.45. The molecule has 0 aliphatic rings. The van der Waals surface area contributed by atoms with Crippen molar-refractivity contribution in [2.45, 2.75) is 18.0 Å². The lowest BCUT2D eigenvalue weighted by molar-refractivity contribution is -0.137. The van der Waals surface area contributed by atoms with E-state index in [4.69, 9.17) is 4.74 Å². The van der Waals surface area contributed by atoms with Gasteiger partial charge in [-0.25, -0.2) is 13.4 Å². The van der Waals surface area contributed by atoms with Gasteiger partial charge in [-0.1, -0.05) is 36.4 Å². The molecule has 0 saturated carbocycles. The largest absolute Gasteiger partial charge is 0.494 e. The molecule has 3 aromatic carbocycles. The van der Waals surface area contributed by atoms with E-state index in [0.717, 1.165) is 11.8 Å². The number of imidazole rings is 1. The average Bonchev–Trinajstić information content (AvgIpc) is 3.24. The quantitative estimate of drug-likeness (QED) is 0.380. The number of alkyl halides is 3. The molecule has 34 heavy (non-hydrogen) atoms. The summed E-state index contributed by atoms with van der Waals surface area (Å²) >= 11 is 0. The molecular formula is C24H20F3N3O3S. The maximum atomic E-state index is 13.6. The van der Waals surface area contributed by atoms with Crippen LogP contribution in [0.25, 0.3) is 16.8 Å². The zero-order valence-electron chi connectivity index (χ0n) is 18.2. The van der Waals surface area contributed by atoms with Gasteiger partial charge in [0.15, 0.2) is 0 Å². The molecule has 0 unspecified atom stereocenters. The van der Waals surface area contributed by atoms with E-state index in [0.29, 0.717) is 11.4 Å². The molecule has 176 valence electrons. The zero-order chi connectivity index (χ0) is 24.5. The third-order valence-corrected chi connectivity index (χ3v) is 6.56. The molecule has 1 heterocycles. The molecule has 1 N–H and O–H groups in total. The number of aryl methyl sites for hydroxylation is 1. The number of hydrogen-bond donors (Lipinski definition) is 1. The van der Waals surface area contributed by atoms with E-state index in [1.165, 1.54) is 61.7 Å². The topological polar surface area (TPSA) is 73.2 Å².